The van der Waals surface area contributed by atoms with E-state index in [1.807, 2.05) is 6.07 Å². The second kappa shape index (κ2) is 5.39. The average Bonchev–Trinajstić information content (AvgIpc) is 2.78. The maximum atomic E-state index is 14.0. The highest BCUT2D eigenvalue weighted by molar-refractivity contribution is 7.90. The van der Waals surface area contributed by atoms with E-state index in [2.05, 4.69) is 5.32 Å². The fourth-order valence-corrected chi connectivity index (χ4v) is 4.73. The first-order valence-corrected chi connectivity index (χ1v) is 8.96. The lowest BCUT2D eigenvalue weighted by Crippen LogP contribution is -2.17. The number of nitrogens with one attached hydrogen (secondary N) is 1. The second-order valence-corrected chi connectivity index (χ2v) is 7.50. The largest absolute Gasteiger partial charge is 0.312 e. The Kier molecular flexibility index (Phi) is 3.43. The minimum absolute atomic E-state index is 0.439. The van der Waals surface area contributed by atoms with E-state index in [4.69, 9.17) is 0 Å². The van der Waals surface area contributed by atoms with E-state index in [1.54, 1.807) is 12.1 Å². The molecule has 24 heavy (non-hydrogen) atoms. The fourth-order valence-electron chi connectivity index (χ4n) is 3.23. The van der Waals surface area contributed by atoms with Gasteiger partial charge in [-0.25, -0.2) is 21.2 Å². The van der Waals surface area contributed by atoms with Crippen molar-refractivity contribution in [3.63, 3.8) is 0 Å². The number of rotatable bonds is 2. The summed E-state index contributed by atoms with van der Waals surface area (Å²) in [6.45, 7) is 1.34. The average molecular weight is 348 g/mol. The van der Waals surface area contributed by atoms with Gasteiger partial charge in [0.25, 0.3) is 10.0 Å². The van der Waals surface area contributed by atoms with E-state index in [0.29, 0.717) is 25.0 Å². The Bertz CT molecular complexity index is 1040. The fraction of sp³-hybridized carbons (Fsp3) is 0.176. The zero-order chi connectivity index (χ0) is 16.9. The third-order valence-electron chi connectivity index (χ3n) is 4.28. The normalized spacial score (nSPS) is 14.8. The van der Waals surface area contributed by atoms with Gasteiger partial charge in [-0.1, -0.05) is 18.2 Å². The molecule has 4 rings (SSSR count). The van der Waals surface area contributed by atoms with E-state index in [1.165, 1.54) is 6.20 Å². The van der Waals surface area contributed by atoms with Gasteiger partial charge in [0.15, 0.2) is 4.90 Å². The molecule has 0 bridgehead atoms. The van der Waals surface area contributed by atoms with Gasteiger partial charge in [0.2, 0.25) is 0 Å². The van der Waals surface area contributed by atoms with Crippen LogP contribution in [0.4, 0.5) is 8.78 Å². The van der Waals surface area contributed by atoms with Crippen molar-refractivity contribution >= 4 is 20.9 Å². The minimum atomic E-state index is -4.37. The van der Waals surface area contributed by atoms with Crippen molar-refractivity contribution in [3.05, 3.63) is 65.4 Å². The molecule has 1 N–H and O–H groups in total. The molecule has 0 amide bonds. The summed E-state index contributed by atoms with van der Waals surface area (Å²) in [5.74, 6) is -2.19. The molecule has 0 radical (unpaired) electrons. The van der Waals surface area contributed by atoms with E-state index >= 15 is 0 Å². The zero-order valence-corrected chi connectivity index (χ0v) is 13.4. The molecule has 2 aromatic carbocycles. The molecule has 0 spiro atoms. The van der Waals surface area contributed by atoms with Crippen molar-refractivity contribution in [2.45, 2.75) is 17.9 Å². The van der Waals surface area contributed by atoms with E-state index in [0.717, 1.165) is 38.7 Å². The third kappa shape index (κ3) is 2.16. The molecule has 7 heteroatoms. The topological polar surface area (TPSA) is 51.1 Å². The SMILES string of the molecule is O=S(=O)(c1c(F)cccc1F)n1cc2c3c(cccc31)CNCC2. The summed E-state index contributed by atoms with van der Waals surface area (Å²) < 4.78 is 54.9. The molecule has 0 aliphatic carbocycles. The summed E-state index contributed by atoms with van der Waals surface area (Å²) in [5, 5.41) is 4.11. The van der Waals surface area contributed by atoms with Gasteiger partial charge < -0.3 is 5.32 Å². The highest BCUT2D eigenvalue weighted by atomic mass is 32.2. The molecule has 124 valence electrons. The number of hydrogen-bond donors (Lipinski definition) is 1. The maximum Gasteiger partial charge on any atom is 0.274 e. The molecule has 0 saturated heterocycles. The monoisotopic (exact) mass is 348 g/mol. The molecule has 0 saturated carbocycles. The van der Waals surface area contributed by atoms with Crippen molar-refractivity contribution in [2.75, 3.05) is 6.54 Å². The van der Waals surface area contributed by atoms with Gasteiger partial charge in [-0.05, 0) is 42.3 Å². The van der Waals surface area contributed by atoms with Gasteiger partial charge >= 0.3 is 0 Å². The van der Waals surface area contributed by atoms with Crippen LogP contribution < -0.4 is 5.32 Å². The summed E-state index contributed by atoms with van der Waals surface area (Å²) in [6, 6.07) is 8.36. The molecule has 3 aromatic rings. The third-order valence-corrected chi connectivity index (χ3v) is 6.01. The Morgan fingerprint density at radius 1 is 1.00 bits per heavy atom. The van der Waals surface area contributed by atoms with Crippen LogP contribution in [0.15, 0.2) is 47.5 Å². The smallest absolute Gasteiger partial charge is 0.274 e. The van der Waals surface area contributed by atoms with Crippen LogP contribution >= 0.6 is 0 Å². The van der Waals surface area contributed by atoms with Gasteiger partial charge in [0.1, 0.15) is 11.6 Å². The Labute approximate surface area is 137 Å². The molecule has 2 heterocycles. The first-order valence-electron chi connectivity index (χ1n) is 7.52. The van der Waals surface area contributed by atoms with Crippen LogP contribution in [-0.4, -0.2) is 18.9 Å². The molecule has 1 aliphatic rings. The number of benzene rings is 2. The molecule has 1 aliphatic heterocycles. The molecule has 4 nitrogen and oxygen atoms in total. The van der Waals surface area contributed by atoms with Crippen LogP contribution in [0, 0.1) is 11.6 Å². The summed E-state index contributed by atoms with van der Waals surface area (Å²) >= 11 is 0. The van der Waals surface area contributed by atoms with Gasteiger partial charge in [-0.3, -0.25) is 0 Å². The maximum absolute atomic E-state index is 14.0. The number of aromatic nitrogens is 1. The zero-order valence-electron chi connectivity index (χ0n) is 12.6. The summed E-state index contributed by atoms with van der Waals surface area (Å²) in [6.07, 6.45) is 2.12. The second-order valence-electron chi connectivity index (χ2n) is 5.74. The quantitative estimate of drug-likeness (QED) is 0.775. The van der Waals surface area contributed by atoms with Gasteiger partial charge in [0.05, 0.1) is 5.52 Å². The van der Waals surface area contributed by atoms with Crippen LogP contribution in [0.5, 0.6) is 0 Å². The lowest BCUT2D eigenvalue weighted by molar-refractivity contribution is 0.516. The lowest BCUT2D eigenvalue weighted by Gasteiger charge is -2.10. The molecular weight excluding hydrogens is 334 g/mol. The molecule has 0 unspecified atom stereocenters. The van der Waals surface area contributed by atoms with E-state index in [-0.39, 0.29) is 0 Å². The number of hydrogen-bond acceptors (Lipinski definition) is 3. The van der Waals surface area contributed by atoms with Crippen molar-refractivity contribution < 1.29 is 17.2 Å². The van der Waals surface area contributed by atoms with E-state index in [9.17, 15) is 17.2 Å². The van der Waals surface area contributed by atoms with Crippen LogP contribution in [0.2, 0.25) is 0 Å². The highest BCUT2D eigenvalue weighted by Crippen LogP contribution is 2.31. The molecule has 1 aromatic heterocycles. The van der Waals surface area contributed by atoms with Crippen molar-refractivity contribution in [1.29, 1.82) is 0 Å². The first kappa shape index (κ1) is 15.3. The van der Waals surface area contributed by atoms with Crippen molar-refractivity contribution in [3.8, 4) is 0 Å². The Morgan fingerprint density at radius 3 is 2.46 bits per heavy atom. The molecule has 0 atom stereocenters. The predicted octanol–water partition coefficient (Wildman–Crippen LogP) is 2.80. The highest BCUT2D eigenvalue weighted by Gasteiger charge is 2.28. The lowest BCUT2D eigenvalue weighted by atomic mass is 10.1. The minimum Gasteiger partial charge on any atom is -0.312 e. The van der Waals surface area contributed by atoms with Gasteiger partial charge in [-0.2, -0.15) is 0 Å². The summed E-state index contributed by atoms with van der Waals surface area (Å²) in [4.78, 5) is -0.922. The van der Waals surface area contributed by atoms with Gasteiger partial charge in [0, 0.05) is 18.1 Å². The van der Waals surface area contributed by atoms with Crippen LogP contribution in [-0.2, 0) is 23.0 Å². The number of nitrogens with zero attached hydrogens (tertiary/aromatic N) is 1. The van der Waals surface area contributed by atoms with Gasteiger partial charge in [-0.15, -0.1) is 0 Å². The Hall–Kier alpha value is -2.25. The van der Waals surface area contributed by atoms with Crippen LogP contribution in [0.1, 0.15) is 11.1 Å². The van der Waals surface area contributed by atoms with Crippen LogP contribution in [0.3, 0.4) is 0 Å². The Balaban J connectivity index is 2.04. The first-order chi connectivity index (χ1) is 11.5. The number of halogens is 2. The standard InChI is InChI=1S/C17H14F2N2O2S/c18-13-4-2-5-14(19)17(13)24(22,23)21-10-12-7-8-20-9-11-3-1-6-15(21)16(11)12/h1-6,10,20H,7-9H2. The summed E-state index contributed by atoms with van der Waals surface area (Å²) in [5.41, 5.74) is 2.27. The molecule has 0 fully saturated rings. The van der Waals surface area contributed by atoms with Crippen LogP contribution in [0.25, 0.3) is 10.9 Å². The van der Waals surface area contributed by atoms with Crippen molar-refractivity contribution in [1.82, 2.24) is 9.29 Å². The molecular formula is C17H14F2N2O2S. The summed E-state index contributed by atoms with van der Waals surface area (Å²) in [7, 11) is -4.37. The Morgan fingerprint density at radius 2 is 1.71 bits per heavy atom. The predicted molar refractivity (Wildman–Crippen MR) is 86.3 cm³/mol. The van der Waals surface area contributed by atoms with Crippen molar-refractivity contribution in [2.24, 2.45) is 0 Å². The van der Waals surface area contributed by atoms with E-state index < -0.39 is 26.6 Å².